The van der Waals surface area contributed by atoms with Gasteiger partial charge in [-0.25, -0.2) is 0 Å². The minimum Gasteiger partial charge on any atom is -0.508 e. The molecule has 0 aliphatic carbocycles. The fourth-order valence-corrected chi connectivity index (χ4v) is 4.66. The Bertz CT molecular complexity index is 1970. The molecule has 0 saturated heterocycles. The molecule has 63 heavy (non-hydrogen) atoms. The number of nitrogens with two attached hydrogens (primary N) is 5. The predicted molar refractivity (Wildman–Crippen MR) is 254 cm³/mol. The number of aliphatic imine (C=N–C) groups is 4. The van der Waals surface area contributed by atoms with Gasteiger partial charge in [0.1, 0.15) is 11.6 Å². The van der Waals surface area contributed by atoms with Crippen LogP contribution in [0.4, 0.5) is 11.4 Å². The minimum absolute atomic E-state index is 0. The second kappa shape index (κ2) is 35.5. The zero-order chi connectivity index (χ0) is 46.9. The Kier molecular flexibility index (Phi) is 33.3. The van der Waals surface area contributed by atoms with Gasteiger partial charge in [0.25, 0.3) is 0 Å². The summed E-state index contributed by atoms with van der Waals surface area (Å²) in [5.41, 5.74) is 31.3. The third-order valence-electron chi connectivity index (χ3n) is 6.73. The van der Waals surface area contributed by atoms with Crippen molar-refractivity contribution in [1.29, 1.82) is 0 Å². The predicted octanol–water partition coefficient (Wildman–Crippen LogP) is 5.82. The maximum Gasteiger partial charge on any atom is 2.00 e. The number of hydrogen-bond acceptors (Lipinski definition) is 10. The van der Waals surface area contributed by atoms with Crippen LogP contribution in [0.25, 0.3) is 0 Å². The molecule has 26 heteroatoms. The van der Waals surface area contributed by atoms with Gasteiger partial charge in [0.05, 0.1) is 10.2 Å². The van der Waals surface area contributed by atoms with Crippen LogP contribution in [0.2, 0.25) is 15.1 Å². The first-order valence-corrected chi connectivity index (χ1v) is 19.3. The molecular weight excluding hydrogens is 921 g/mol. The smallest absolute Gasteiger partial charge is 0.508 e. The normalized spacial score (nSPS) is 10.9. The fourth-order valence-electron chi connectivity index (χ4n) is 4.21. The number of alkyl halides is 1. The monoisotopic (exact) mass is 963 g/mol. The van der Waals surface area contributed by atoms with Crippen LogP contribution in [0.3, 0.4) is 0 Å². The number of phenolic OH excluding ortho intramolecular Hbond substituents is 1. The molecular formula is C37H45Cl4MgN13O8. The summed E-state index contributed by atoms with van der Waals surface area (Å²) in [5, 5.41) is 46.9. The van der Waals surface area contributed by atoms with Gasteiger partial charge in [-0.05, 0) is 90.7 Å². The molecule has 1 amide bonds. The van der Waals surface area contributed by atoms with Gasteiger partial charge in [-0.15, -0.1) is 11.6 Å². The molecule has 0 spiro atoms. The number of amides is 1. The largest absolute Gasteiger partial charge is 2.00 e. The van der Waals surface area contributed by atoms with Gasteiger partial charge in [0, 0.05) is 46.0 Å². The summed E-state index contributed by atoms with van der Waals surface area (Å²) in [6.07, 6.45) is 4.38. The molecule has 13 N–H and O–H groups in total. The molecule has 0 radical (unpaired) electrons. The Morgan fingerprint density at radius 3 is 1.35 bits per heavy atom. The minimum atomic E-state index is -1.75. The van der Waals surface area contributed by atoms with Gasteiger partial charge >= 0.3 is 23.1 Å². The number of benzene rings is 4. The Morgan fingerprint density at radius 2 is 0.984 bits per heavy atom. The molecule has 21 nitrogen and oxygen atoms in total. The average Bonchev–Trinajstić information content (AvgIpc) is 3.19. The van der Waals surface area contributed by atoms with Crippen molar-refractivity contribution in [2.24, 2.45) is 48.6 Å². The number of nitrogens with one attached hydrogen (secondary N) is 2. The number of carbonyl (C=O) groups excluding carboxylic acids is 1. The molecule has 4 aromatic carbocycles. The number of rotatable bonds is 12. The van der Waals surface area contributed by atoms with Crippen molar-refractivity contribution >= 4 is 111 Å². The molecule has 4 aromatic rings. The number of phenols is 1. The molecule has 0 fully saturated rings. The molecule has 0 saturated carbocycles. The molecule has 0 bridgehead atoms. The first-order valence-electron chi connectivity index (χ1n) is 17.6. The average molecular weight is 966 g/mol. The van der Waals surface area contributed by atoms with Crippen molar-refractivity contribution in [2.45, 2.75) is 32.1 Å². The fraction of sp³-hybridized carbons (Fsp3) is 0.216. The van der Waals surface area contributed by atoms with Crippen molar-refractivity contribution in [1.82, 2.24) is 0 Å². The van der Waals surface area contributed by atoms with E-state index in [1.807, 2.05) is 30.3 Å². The molecule has 0 atom stereocenters. The Labute approximate surface area is 398 Å². The van der Waals surface area contributed by atoms with Crippen molar-refractivity contribution in [2.75, 3.05) is 29.6 Å². The molecule has 4 rings (SSSR count). The van der Waals surface area contributed by atoms with Crippen LogP contribution in [-0.4, -0.2) is 87.0 Å². The van der Waals surface area contributed by atoms with Crippen molar-refractivity contribution < 1.29 is 20.1 Å². The van der Waals surface area contributed by atoms with Crippen molar-refractivity contribution in [3.8, 4) is 5.75 Å². The van der Waals surface area contributed by atoms with Gasteiger partial charge in [0.15, 0.2) is 0 Å². The first-order chi connectivity index (χ1) is 29.3. The summed E-state index contributed by atoms with van der Waals surface area (Å²) >= 11 is 22.4. The maximum absolute atomic E-state index is 9.64. The number of primary amides is 1. The van der Waals surface area contributed by atoms with Gasteiger partial charge in [-0.2, -0.15) is 9.98 Å². The van der Waals surface area contributed by atoms with Gasteiger partial charge in [-0.3, -0.25) is 14.8 Å². The third-order valence-corrected chi connectivity index (χ3v) is 7.73. The van der Waals surface area contributed by atoms with Crippen molar-refractivity contribution in [3.63, 3.8) is 0 Å². The summed E-state index contributed by atoms with van der Waals surface area (Å²) in [4.78, 5) is 42.4. The van der Waals surface area contributed by atoms with Gasteiger partial charge in [-0.1, -0.05) is 78.0 Å². The van der Waals surface area contributed by atoms with E-state index in [0.717, 1.165) is 48.2 Å². The SMILES string of the molecule is NC(=NCCCCCCN=C(N)N=C(N)Nc1ccc(Cl)cc1)N=C(N)Nc1ccc(Cl)cc1.NC(=O)CCl.O=[N+]([O-])[O-].O=[N+]([O-])[O-].Oc1ccc(Cl)cc1Cc1ccccc1.[Mg+2]. The van der Waals surface area contributed by atoms with Gasteiger partial charge < -0.3 is 75.1 Å². The molecule has 0 aliphatic heterocycles. The Balaban J connectivity index is 0. The van der Waals surface area contributed by atoms with E-state index in [1.54, 1.807) is 66.7 Å². The molecule has 0 aromatic heterocycles. The van der Waals surface area contributed by atoms with E-state index in [9.17, 15) is 9.90 Å². The topological polar surface area (TPSA) is 373 Å². The Morgan fingerprint density at radius 1 is 0.619 bits per heavy atom. The number of unbranched alkanes of at least 4 members (excludes halogenated alkanes) is 3. The number of nitrogens with zero attached hydrogens (tertiary/aromatic N) is 6. The molecule has 0 heterocycles. The van der Waals surface area contributed by atoms with E-state index in [2.05, 4.69) is 36.3 Å². The van der Waals surface area contributed by atoms with E-state index < -0.39 is 16.1 Å². The van der Waals surface area contributed by atoms with Crippen LogP contribution < -0.4 is 39.3 Å². The van der Waals surface area contributed by atoms with E-state index in [0.29, 0.717) is 40.3 Å². The van der Waals surface area contributed by atoms with Crippen LogP contribution in [0.5, 0.6) is 5.75 Å². The summed E-state index contributed by atoms with van der Waals surface area (Å²) in [5.74, 6) is 0.296. The van der Waals surface area contributed by atoms with Crippen LogP contribution in [0.1, 0.15) is 36.8 Å². The summed E-state index contributed by atoms with van der Waals surface area (Å²) in [6.45, 7) is 1.12. The second-order valence-corrected chi connectivity index (χ2v) is 13.2. The number of anilines is 2. The standard InChI is InChI=1S/C22H30Cl2N10.C13H11ClO.C2H4ClNO.Mg.2NO3/c23-15-5-9-17(10-6-15)31-21(27)33-19(25)29-13-3-1-2-4-14-30-20(26)34-22(28)32-18-11-7-16(24)8-12-18;14-12-6-7-13(15)11(9-12)8-10-4-2-1-3-5-10;3-1-2(4)5;;2*2-1(3)4/h5-12H,1-4,13-14H2,(H5,25,27,29,31,33)(H5,26,28,30,32,34);1-7,9,15H,8H2;1H2,(H2,4,5);;;/q;;;+2;2*-1. The maximum atomic E-state index is 9.64. The van der Waals surface area contributed by atoms with Crippen LogP contribution in [0, 0.1) is 30.6 Å². The first kappa shape index (κ1) is 59.0. The van der Waals surface area contributed by atoms with E-state index >= 15 is 0 Å². The molecule has 0 aliphatic rings. The summed E-state index contributed by atoms with van der Waals surface area (Å²) in [7, 11) is 0. The summed E-state index contributed by atoms with van der Waals surface area (Å²) in [6, 6.07) is 29.2. The third kappa shape index (κ3) is 35.3. The number of aromatic hydroxyl groups is 1. The zero-order valence-electron chi connectivity index (χ0n) is 33.5. The number of guanidine groups is 4. The van der Waals surface area contributed by atoms with Gasteiger partial charge in [0.2, 0.25) is 29.7 Å². The van der Waals surface area contributed by atoms with E-state index in [4.69, 9.17) is 100.0 Å². The summed E-state index contributed by atoms with van der Waals surface area (Å²) < 4.78 is 0. The van der Waals surface area contributed by atoms with E-state index in [-0.39, 0.29) is 52.8 Å². The van der Waals surface area contributed by atoms with Crippen LogP contribution in [-0.2, 0) is 11.2 Å². The second-order valence-electron chi connectivity index (χ2n) is 11.6. The van der Waals surface area contributed by atoms with E-state index in [1.165, 1.54) is 0 Å². The zero-order valence-corrected chi connectivity index (χ0v) is 37.9. The number of halogens is 4. The van der Waals surface area contributed by atoms with Crippen LogP contribution >= 0.6 is 46.4 Å². The molecule has 0 unspecified atom stereocenters. The molecule has 336 valence electrons. The van der Waals surface area contributed by atoms with Crippen LogP contribution in [0.15, 0.2) is 117 Å². The quantitative estimate of drug-likeness (QED) is 0.0158. The number of hydrogen-bond donors (Lipinski definition) is 8. The number of carbonyl (C=O) groups is 1. The van der Waals surface area contributed by atoms with Crippen molar-refractivity contribution in [3.05, 3.63) is 154 Å². The Hall–Kier alpha value is -6.04.